The van der Waals surface area contributed by atoms with Gasteiger partial charge in [-0.25, -0.2) is 4.39 Å². The molecule has 2 nitrogen and oxygen atoms in total. The average molecular weight is 338 g/mol. The summed E-state index contributed by atoms with van der Waals surface area (Å²) >= 11 is 3.46. The van der Waals surface area contributed by atoms with Crippen LogP contribution in [0.5, 0.6) is 5.75 Å². The van der Waals surface area contributed by atoms with E-state index in [9.17, 15) is 4.39 Å². The molecular weight excluding hydrogens is 321 g/mol. The first-order chi connectivity index (χ1) is 9.61. The average Bonchev–Trinajstić information content (AvgIpc) is 2.46. The molecule has 0 amide bonds. The molecule has 1 N–H and O–H groups in total. The lowest BCUT2D eigenvalue weighted by Crippen LogP contribution is -2.14. The van der Waals surface area contributed by atoms with Crippen molar-refractivity contribution >= 4 is 15.9 Å². The molecule has 106 valence electrons. The van der Waals surface area contributed by atoms with Gasteiger partial charge in [0, 0.05) is 21.6 Å². The van der Waals surface area contributed by atoms with Crippen LogP contribution >= 0.6 is 15.9 Å². The zero-order valence-corrected chi connectivity index (χ0v) is 13.1. The fourth-order valence-electron chi connectivity index (χ4n) is 1.92. The molecule has 2 aromatic carbocycles. The van der Waals surface area contributed by atoms with E-state index in [0.717, 1.165) is 15.8 Å². The Bertz CT molecular complexity index is 588. The van der Waals surface area contributed by atoms with Crippen LogP contribution in [0, 0.1) is 5.82 Å². The number of hydrogen-bond donors (Lipinski definition) is 1. The molecule has 0 aliphatic carbocycles. The molecule has 2 rings (SSSR count). The van der Waals surface area contributed by atoms with Crippen LogP contribution in [0.2, 0.25) is 0 Å². The van der Waals surface area contributed by atoms with Crippen molar-refractivity contribution in [2.24, 2.45) is 0 Å². The van der Waals surface area contributed by atoms with Gasteiger partial charge < -0.3 is 10.1 Å². The minimum absolute atomic E-state index is 0.156. The van der Waals surface area contributed by atoms with Crippen molar-refractivity contribution in [1.29, 1.82) is 0 Å². The first kappa shape index (κ1) is 15.0. The second-order valence-corrected chi connectivity index (χ2v) is 5.49. The number of rotatable bonds is 5. The first-order valence-corrected chi connectivity index (χ1v) is 7.24. The van der Waals surface area contributed by atoms with E-state index < -0.39 is 0 Å². The molecule has 20 heavy (non-hydrogen) atoms. The zero-order chi connectivity index (χ0) is 14.5. The maximum Gasteiger partial charge on any atom is 0.129 e. The molecule has 0 aromatic heterocycles. The van der Waals surface area contributed by atoms with E-state index in [4.69, 9.17) is 4.74 Å². The molecule has 0 fully saturated rings. The van der Waals surface area contributed by atoms with Crippen LogP contribution in [-0.2, 0) is 6.61 Å². The van der Waals surface area contributed by atoms with Crippen LogP contribution < -0.4 is 10.1 Å². The summed E-state index contributed by atoms with van der Waals surface area (Å²) in [4.78, 5) is 0. The third kappa shape index (κ3) is 3.58. The summed E-state index contributed by atoms with van der Waals surface area (Å²) in [5, 5.41) is 3.18. The van der Waals surface area contributed by atoms with Gasteiger partial charge in [0.05, 0.1) is 0 Å². The smallest absolute Gasteiger partial charge is 0.129 e. The predicted octanol–water partition coefficient (Wildman–Crippen LogP) is 4.45. The molecule has 1 unspecified atom stereocenters. The highest BCUT2D eigenvalue weighted by Crippen LogP contribution is 2.29. The fraction of sp³-hybridized carbons (Fsp3) is 0.250. The zero-order valence-electron chi connectivity index (χ0n) is 11.5. The highest BCUT2D eigenvalue weighted by molar-refractivity contribution is 9.10. The lowest BCUT2D eigenvalue weighted by molar-refractivity contribution is 0.294. The SMILES string of the molecule is CNC(C)c1cc(Br)ccc1OCc1ccccc1F. The van der Waals surface area contributed by atoms with E-state index in [0.29, 0.717) is 5.56 Å². The minimum Gasteiger partial charge on any atom is -0.488 e. The molecule has 0 aliphatic heterocycles. The Kier molecular flexibility index (Phi) is 5.15. The van der Waals surface area contributed by atoms with Crippen molar-refractivity contribution in [3.63, 3.8) is 0 Å². The molecule has 1 atom stereocenters. The molecular formula is C16H17BrFNO. The quantitative estimate of drug-likeness (QED) is 0.870. The fourth-order valence-corrected chi connectivity index (χ4v) is 2.29. The number of benzene rings is 2. The summed E-state index contributed by atoms with van der Waals surface area (Å²) in [6, 6.07) is 12.6. The van der Waals surface area contributed by atoms with Gasteiger partial charge in [-0.15, -0.1) is 0 Å². The Balaban J connectivity index is 2.19. The van der Waals surface area contributed by atoms with Gasteiger partial charge >= 0.3 is 0 Å². The summed E-state index contributed by atoms with van der Waals surface area (Å²) in [6.45, 7) is 2.27. The highest BCUT2D eigenvalue weighted by atomic mass is 79.9. The second-order valence-electron chi connectivity index (χ2n) is 4.57. The monoisotopic (exact) mass is 337 g/mol. The third-order valence-electron chi connectivity index (χ3n) is 3.21. The molecule has 0 bridgehead atoms. The molecule has 0 spiro atoms. The molecule has 0 radical (unpaired) electrons. The number of halogens is 2. The number of hydrogen-bond acceptors (Lipinski definition) is 2. The van der Waals surface area contributed by atoms with Crippen LogP contribution in [0.3, 0.4) is 0 Å². The standard InChI is InChI=1S/C16H17BrFNO/c1-11(19-2)14-9-13(17)7-8-16(14)20-10-12-5-3-4-6-15(12)18/h3-9,11,19H,10H2,1-2H3. The van der Waals surface area contributed by atoms with Crippen molar-refractivity contribution in [2.75, 3.05) is 7.05 Å². The summed E-state index contributed by atoms with van der Waals surface area (Å²) < 4.78 is 20.4. The van der Waals surface area contributed by atoms with Gasteiger partial charge in [0.25, 0.3) is 0 Å². The van der Waals surface area contributed by atoms with Gasteiger partial charge in [0.2, 0.25) is 0 Å². The van der Waals surface area contributed by atoms with Gasteiger partial charge in [-0.1, -0.05) is 34.1 Å². The van der Waals surface area contributed by atoms with Gasteiger partial charge in [-0.2, -0.15) is 0 Å². The van der Waals surface area contributed by atoms with Crippen LogP contribution in [0.15, 0.2) is 46.9 Å². The summed E-state index contributed by atoms with van der Waals surface area (Å²) in [5.41, 5.74) is 1.59. The predicted molar refractivity (Wildman–Crippen MR) is 82.3 cm³/mol. The molecule has 2 aromatic rings. The van der Waals surface area contributed by atoms with Crippen LogP contribution in [-0.4, -0.2) is 7.05 Å². The Morgan fingerprint density at radius 1 is 1.25 bits per heavy atom. The number of ether oxygens (including phenoxy) is 1. The largest absolute Gasteiger partial charge is 0.488 e. The van der Waals surface area contributed by atoms with Crippen LogP contribution in [0.4, 0.5) is 4.39 Å². The van der Waals surface area contributed by atoms with Crippen molar-refractivity contribution in [2.45, 2.75) is 19.6 Å². The van der Waals surface area contributed by atoms with E-state index in [1.165, 1.54) is 6.07 Å². The van der Waals surface area contributed by atoms with Gasteiger partial charge in [0.1, 0.15) is 18.2 Å². The van der Waals surface area contributed by atoms with Gasteiger partial charge in [-0.05, 0) is 38.2 Å². The molecule has 0 heterocycles. The van der Waals surface area contributed by atoms with Crippen molar-refractivity contribution < 1.29 is 9.13 Å². The van der Waals surface area contributed by atoms with E-state index >= 15 is 0 Å². The van der Waals surface area contributed by atoms with E-state index in [-0.39, 0.29) is 18.5 Å². The Hall–Kier alpha value is -1.39. The number of nitrogens with one attached hydrogen (secondary N) is 1. The summed E-state index contributed by atoms with van der Waals surface area (Å²) in [5.74, 6) is 0.520. The second kappa shape index (κ2) is 6.86. The van der Waals surface area contributed by atoms with Crippen molar-refractivity contribution in [3.05, 3.63) is 63.9 Å². The lowest BCUT2D eigenvalue weighted by Gasteiger charge is -2.17. The van der Waals surface area contributed by atoms with Crippen LogP contribution in [0.25, 0.3) is 0 Å². The van der Waals surface area contributed by atoms with Crippen LogP contribution in [0.1, 0.15) is 24.1 Å². The topological polar surface area (TPSA) is 21.3 Å². The van der Waals surface area contributed by atoms with E-state index in [1.807, 2.05) is 25.2 Å². The van der Waals surface area contributed by atoms with E-state index in [1.54, 1.807) is 18.2 Å². The van der Waals surface area contributed by atoms with Gasteiger partial charge in [0.15, 0.2) is 0 Å². The highest BCUT2D eigenvalue weighted by Gasteiger charge is 2.11. The minimum atomic E-state index is -0.243. The molecule has 0 saturated heterocycles. The van der Waals surface area contributed by atoms with Crippen molar-refractivity contribution in [3.8, 4) is 5.75 Å². The maximum absolute atomic E-state index is 13.6. The Morgan fingerprint density at radius 3 is 2.70 bits per heavy atom. The molecule has 0 aliphatic rings. The van der Waals surface area contributed by atoms with E-state index in [2.05, 4.69) is 28.2 Å². The third-order valence-corrected chi connectivity index (χ3v) is 3.71. The lowest BCUT2D eigenvalue weighted by atomic mass is 10.1. The van der Waals surface area contributed by atoms with Gasteiger partial charge in [-0.3, -0.25) is 0 Å². The Morgan fingerprint density at radius 2 is 2.00 bits per heavy atom. The molecule has 4 heteroatoms. The normalized spacial score (nSPS) is 12.2. The first-order valence-electron chi connectivity index (χ1n) is 6.44. The molecule has 0 saturated carbocycles. The maximum atomic E-state index is 13.6. The summed E-state index contributed by atoms with van der Waals surface area (Å²) in [7, 11) is 1.90. The summed E-state index contributed by atoms with van der Waals surface area (Å²) in [6.07, 6.45) is 0. The van der Waals surface area contributed by atoms with Crippen molar-refractivity contribution in [1.82, 2.24) is 5.32 Å². The Labute approximate surface area is 127 Å².